The predicted molar refractivity (Wildman–Crippen MR) is 87.2 cm³/mol. The van der Waals surface area contributed by atoms with Crippen molar-refractivity contribution >= 4 is 51.2 Å². The lowest BCUT2D eigenvalue weighted by Crippen LogP contribution is -2.25. The van der Waals surface area contributed by atoms with Gasteiger partial charge in [0, 0.05) is 8.35 Å². The molecule has 4 heteroatoms. The van der Waals surface area contributed by atoms with E-state index in [9.17, 15) is 4.79 Å². The molecule has 0 bridgehead atoms. The van der Waals surface area contributed by atoms with E-state index < -0.39 is 5.41 Å². The second kappa shape index (κ2) is 6.36. The van der Waals surface area contributed by atoms with Crippen molar-refractivity contribution in [3.63, 3.8) is 0 Å². The maximum absolute atomic E-state index is 11.7. The van der Waals surface area contributed by atoms with Gasteiger partial charge in [-0.25, -0.2) is 0 Å². The second-order valence-electron chi connectivity index (χ2n) is 4.83. The van der Waals surface area contributed by atoms with Crippen LogP contribution in [-0.4, -0.2) is 10.4 Å². The summed E-state index contributed by atoms with van der Waals surface area (Å²) in [6.45, 7) is 5.54. The molecule has 0 N–H and O–H groups in total. The Morgan fingerprint density at radius 3 is 2.24 bits per heavy atom. The summed E-state index contributed by atoms with van der Waals surface area (Å²) in [5.74, 6) is 0.413. The van der Waals surface area contributed by atoms with E-state index in [4.69, 9.17) is 4.74 Å². The van der Waals surface area contributed by atoms with Crippen LogP contribution in [0.15, 0.2) is 24.3 Å². The van der Waals surface area contributed by atoms with Crippen LogP contribution in [0.1, 0.15) is 30.3 Å². The molecule has 1 rings (SSSR count). The fraction of sp³-hybridized carbons (Fsp3) is 0.462. The van der Waals surface area contributed by atoms with Gasteiger partial charge >= 0.3 is 5.97 Å². The second-order valence-corrected chi connectivity index (χ2v) is 7.21. The highest BCUT2D eigenvalue weighted by atomic mass is 127. The van der Waals surface area contributed by atoms with Crippen molar-refractivity contribution in [1.29, 1.82) is 0 Å². The third-order valence-electron chi connectivity index (χ3n) is 2.20. The van der Waals surface area contributed by atoms with E-state index >= 15 is 0 Å². The molecule has 0 amide bonds. The molecule has 0 spiro atoms. The van der Waals surface area contributed by atoms with Crippen LogP contribution in [0.5, 0.6) is 5.75 Å². The van der Waals surface area contributed by atoms with Crippen molar-refractivity contribution in [2.45, 2.75) is 24.7 Å². The molecular weight excluding hydrogens is 442 g/mol. The summed E-state index contributed by atoms with van der Waals surface area (Å²) >= 11 is 4.77. The molecule has 17 heavy (non-hydrogen) atoms. The molecule has 0 aromatic heterocycles. The van der Waals surface area contributed by atoms with Crippen molar-refractivity contribution in [2.75, 3.05) is 4.43 Å². The minimum Gasteiger partial charge on any atom is -0.426 e. The highest BCUT2D eigenvalue weighted by molar-refractivity contribution is 14.1. The van der Waals surface area contributed by atoms with Crippen LogP contribution >= 0.6 is 45.2 Å². The van der Waals surface area contributed by atoms with Gasteiger partial charge in [-0.15, -0.1) is 0 Å². The topological polar surface area (TPSA) is 26.3 Å². The quantitative estimate of drug-likeness (QED) is 0.288. The molecule has 0 aliphatic heterocycles. The Labute approximate surface area is 130 Å². The lowest BCUT2D eigenvalue weighted by Gasteiger charge is -2.16. The Hall–Kier alpha value is 0.150. The highest BCUT2D eigenvalue weighted by Crippen LogP contribution is 2.27. The van der Waals surface area contributed by atoms with Gasteiger partial charge in [-0.1, -0.05) is 57.3 Å². The molecule has 94 valence electrons. The molecule has 0 aliphatic rings. The van der Waals surface area contributed by atoms with Crippen molar-refractivity contribution in [3.8, 4) is 5.75 Å². The number of ether oxygens (including phenoxy) is 1. The number of esters is 1. The van der Waals surface area contributed by atoms with E-state index in [1.54, 1.807) is 0 Å². The molecule has 0 radical (unpaired) electrons. The number of carbonyl (C=O) groups excluding carboxylic acids is 1. The van der Waals surface area contributed by atoms with Gasteiger partial charge in [0.25, 0.3) is 0 Å². The zero-order valence-electron chi connectivity index (χ0n) is 10.2. The van der Waals surface area contributed by atoms with Crippen LogP contribution in [-0.2, 0) is 4.79 Å². The molecular formula is C13H16I2O2. The summed E-state index contributed by atoms with van der Waals surface area (Å²) in [4.78, 5) is 11.7. The summed E-state index contributed by atoms with van der Waals surface area (Å²) in [6, 6.07) is 7.75. The van der Waals surface area contributed by atoms with Gasteiger partial charge in [-0.05, 0) is 38.5 Å². The van der Waals surface area contributed by atoms with E-state index in [0.717, 1.165) is 4.43 Å². The summed E-state index contributed by atoms with van der Waals surface area (Å²) in [5, 5.41) is 0. The monoisotopic (exact) mass is 458 g/mol. The van der Waals surface area contributed by atoms with Crippen LogP contribution in [0, 0.1) is 5.41 Å². The van der Waals surface area contributed by atoms with Crippen LogP contribution in [0.25, 0.3) is 0 Å². The van der Waals surface area contributed by atoms with Gasteiger partial charge in [-0.2, -0.15) is 0 Å². The van der Waals surface area contributed by atoms with Crippen LogP contribution in [0.2, 0.25) is 0 Å². The molecule has 1 atom stereocenters. The summed E-state index contributed by atoms with van der Waals surface area (Å²) in [5.41, 5.74) is 0.794. The number of benzene rings is 1. The minimum absolute atomic E-state index is 0.204. The molecule has 2 nitrogen and oxygen atoms in total. The van der Waals surface area contributed by atoms with Gasteiger partial charge < -0.3 is 4.74 Å². The number of hydrogen-bond donors (Lipinski definition) is 0. The average molecular weight is 458 g/mol. The fourth-order valence-electron chi connectivity index (χ4n) is 1.09. The Bertz CT molecular complexity index is 379. The van der Waals surface area contributed by atoms with Crippen molar-refractivity contribution in [1.82, 2.24) is 0 Å². The van der Waals surface area contributed by atoms with E-state index in [0.29, 0.717) is 9.67 Å². The number of carbonyl (C=O) groups is 1. The Kier molecular flexibility index (Phi) is 5.69. The molecule has 0 heterocycles. The van der Waals surface area contributed by atoms with Crippen LogP contribution < -0.4 is 4.74 Å². The maximum atomic E-state index is 11.7. The lowest BCUT2D eigenvalue weighted by atomic mass is 9.97. The third kappa shape index (κ3) is 4.73. The number of rotatable bonds is 3. The summed E-state index contributed by atoms with van der Waals surface area (Å²) in [7, 11) is 0. The minimum atomic E-state index is -0.466. The molecule has 0 saturated carbocycles. The normalized spacial score (nSPS) is 13.2. The summed E-state index contributed by atoms with van der Waals surface area (Å²) < 4.78 is 6.87. The van der Waals surface area contributed by atoms with Gasteiger partial charge in [0.05, 0.1) is 5.41 Å². The number of halogens is 2. The molecule has 0 saturated heterocycles. The van der Waals surface area contributed by atoms with Crippen LogP contribution in [0.3, 0.4) is 0 Å². The Morgan fingerprint density at radius 1 is 1.29 bits per heavy atom. The maximum Gasteiger partial charge on any atom is 0.316 e. The van der Waals surface area contributed by atoms with Crippen molar-refractivity contribution in [2.24, 2.45) is 5.41 Å². The van der Waals surface area contributed by atoms with E-state index in [1.807, 2.05) is 45.0 Å². The first-order valence-electron chi connectivity index (χ1n) is 5.37. The summed E-state index contributed by atoms with van der Waals surface area (Å²) in [6.07, 6.45) is 0. The standard InChI is InChI=1S/C13H16I2O2/c1-13(2,3)12(16)17-10-6-4-9(5-7-10)11(15)8-14/h4-7,11H,8H2,1-3H3. The molecule has 1 aromatic rings. The Morgan fingerprint density at radius 2 is 1.82 bits per heavy atom. The van der Waals surface area contributed by atoms with Gasteiger partial charge in [0.2, 0.25) is 0 Å². The highest BCUT2D eigenvalue weighted by Gasteiger charge is 2.23. The Balaban J connectivity index is 2.72. The average Bonchev–Trinajstić information content (AvgIpc) is 2.27. The number of hydrogen-bond acceptors (Lipinski definition) is 2. The lowest BCUT2D eigenvalue weighted by molar-refractivity contribution is -0.142. The van der Waals surface area contributed by atoms with E-state index in [-0.39, 0.29) is 5.97 Å². The van der Waals surface area contributed by atoms with Crippen molar-refractivity contribution in [3.05, 3.63) is 29.8 Å². The van der Waals surface area contributed by atoms with E-state index in [1.165, 1.54) is 5.56 Å². The van der Waals surface area contributed by atoms with Crippen LogP contribution in [0.4, 0.5) is 0 Å². The smallest absolute Gasteiger partial charge is 0.316 e. The first-order valence-corrected chi connectivity index (χ1v) is 8.14. The molecule has 0 fully saturated rings. The van der Waals surface area contributed by atoms with Crippen molar-refractivity contribution < 1.29 is 9.53 Å². The first-order chi connectivity index (χ1) is 7.84. The molecule has 0 aliphatic carbocycles. The predicted octanol–water partition coefficient (Wildman–Crippen LogP) is 4.55. The molecule has 1 aromatic carbocycles. The SMILES string of the molecule is CC(C)(C)C(=O)Oc1ccc(C(I)CI)cc1. The zero-order chi connectivity index (χ0) is 13.1. The first kappa shape index (κ1) is 15.2. The third-order valence-corrected chi connectivity index (χ3v) is 5.93. The van der Waals surface area contributed by atoms with E-state index in [2.05, 4.69) is 45.2 Å². The van der Waals surface area contributed by atoms with Gasteiger partial charge in [0.1, 0.15) is 5.75 Å². The number of alkyl halides is 2. The molecule has 1 unspecified atom stereocenters. The van der Waals surface area contributed by atoms with Gasteiger partial charge in [0.15, 0.2) is 0 Å². The zero-order valence-corrected chi connectivity index (χ0v) is 14.5. The largest absolute Gasteiger partial charge is 0.426 e. The fourth-order valence-corrected chi connectivity index (χ4v) is 2.02. The van der Waals surface area contributed by atoms with Gasteiger partial charge in [-0.3, -0.25) is 4.79 Å².